The lowest BCUT2D eigenvalue weighted by Gasteiger charge is -2.23. The summed E-state index contributed by atoms with van der Waals surface area (Å²) in [7, 11) is 4.42. The molecule has 39 heavy (non-hydrogen) atoms. The van der Waals surface area contributed by atoms with Crippen LogP contribution in [0, 0.1) is 0 Å². The van der Waals surface area contributed by atoms with Crippen LogP contribution in [-0.4, -0.2) is 50.1 Å². The maximum atomic E-state index is 2.79. The third-order valence-corrected chi connectivity index (χ3v) is 8.74. The lowest BCUT2D eigenvalue weighted by Crippen LogP contribution is -2.29. The van der Waals surface area contributed by atoms with Gasteiger partial charge in [-0.1, -0.05) is 181 Å². The highest BCUT2D eigenvalue weighted by Crippen LogP contribution is 2.15. The molecule has 0 aromatic heterocycles. The standard InChI is InChI=1S/C37H78N2/c1-5-7-9-11-13-15-16-17-18-19-20-21-22-23-24-25-26-28-30-32-36-39(37-33-34-38(3)4)35-31-29-27-14-12-10-8-6-2/h5-37H2,1-4H3. The topological polar surface area (TPSA) is 6.48 Å². The molecule has 236 valence electrons. The van der Waals surface area contributed by atoms with Gasteiger partial charge in [-0.3, -0.25) is 0 Å². The van der Waals surface area contributed by atoms with Gasteiger partial charge in [-0.05, 0) is 59.5 Å². The fourth-order valence-corrected chi connectivity index (χ4v) is 6.01. The molecule has 0 atom stereocenters. The van der Waals surface area contributed by atoms with Gasteiger partial charge >= 0.3 is 0 Å². The van der Waals surface area contributed by atoms with E-state index in [2.05, 4.69) is 37.7 Å². The zero-order valence-corrected chi connectivity index (χ0v) is 28.2. The SMILES string of the molecule is CCCCCCCCCCCCCCCCCCCCCCN(CCCCCCCCCC)CCCN(C)C. The molecule has 0 saturated carbocycles. The second-order valence-electron chi connectivity index (χ2n) is 13.2. The molecule has 0 aliphatic heterocycles. The molecular weight excluding hydrogens is 472 g/mol. The van der Waals surface area contributed by atoms with Crippen LogP contribution in [0.5, 0.6) is 0 Å². The summed E-state index contributed by atoms with van der Waals surface area (Å²) in [4.78, 5) is 5.13. The predicted octanol–water partition coefficient (Wildman–Crippen LogP) is 12.2. The second kappa shape index (κ2) is 34.1. The van der Waals surface area contributed by atoms with Crippen molar-refractivity contribution in [3.63, 3.8) is 0 Å². The Morgan fingerprint density at radius 1 is 0.256 bits per heavy atom. The highest BCUT2D eigenvalue weighted by atomic mass is 15.1. The smallest absolute Gasteiger partial charge is 0.000655 e. The summed E-state index contributed by atoms with van der Waals surface area (Å²) in [6, 6.07) is 0. The van der Waals surface area contributed by atoms with E-state index in [0.29, 0.717) is 0 Å². The second-order valence-corrected chi connectivity index (χ2v) is 13.2. The van der Waals surface area contributed by atoms with Crippen molar-refractivity contribution in [3.05, 3.63) is 0 Å². The maximum absolute atomic E-state index is 2.79. The van der Waals surface area contributed by atoms with Crippen LogP contribution in [0.3, 0.4) is 0 Å². The molecule has 2 heteroatoms. The molecule has 0 radical (unpaired) electrons. The normalized spacial score (nSPS) is 11.8. The van der Waals surface area contributed by atoms with E-state index in [4.69, 9.17) is 0 Å². The van der Waals surface area contributed by atoms with Gasteiger partial charge in [-0.25, -0.2) is 0 Å². The van der Waals surface area contributed by atoms with Crippen molar-refractivity contribution < 1.29 is 0 Å². The first-order valence-corrected chi connectivity index (χ1v) is 18.6. The van der Waals surface area contributed by atoms with E-state index in [9.17, 15) is 0 Å². The number of nitrogens with zero attached hydrogens (tertiary/aromatic N) is 2. The molecule has 0 aromatic rings. The highest BCUT2D eigenvalue weighted by Gasteiger charge is 2.05. The van der Waals surface area contributed by atoms with E-state index in [1.165, 1.54) is 212 Å². The summed E-state index contributed by atoms with van der Waals surface area (Å²) in [5, 5.41) is 0. The van der Waals surface area contributed by atoms with Crippen molar-refractivity contribution in [1.82, 2.24) is 9.80 Å². The van der Waals surface area contributed by atoms with Crippen LogP contribution in [0.25, 0.3) is 0 Å². The molecule has 0 aromatic carbocycles. The zero-order valence-electron chi connectivity index (χ0n) is 28.2. The average Bonchev–Trinajstić information content (AvgIpc) is 2.92. The van der Waals surface area contributed by atoms with Crippen LogP contribution in [0.2, 0.25) is 0 Å². The Bertz CT molecular complexity index is 422. The summed E-state index contributed by atoms with van der Waals surface area (Å²) in [5.41, 5.74) is 0. The molecule has 0 spiro atoms. The summed E-state index contributed by atoms with van der Waals surface area (Å²) in [5.74, 6) is 0. The Morgan fingerprint density at radius 2 is 0.487 bits per heavy atom. The minimum Gasteiger partial charge on any atom is -0.309 e. The van der Waals surface area contributed by atoms with Crippen molar-refractivity contribution in [2.45, 2.75) is 200 Å². The van der Waals surface area contributed by atoms with Gasteiger partial charge in [0.05, 0.1) is 0 Å². The monoisotopic (exact) mass is 551 g/mol. The van der Waals surface area contributed by atoms with Crippen LogP contribution in [-0.2, 0) is 0 Å². The first-order chi connectivity index (χ1) is 19.2. The third kappa shape index (κ3) is 34.0. The maximum Gasteiger partial charge on any atom is -0.000655 e. The summed E-state index contributed by atoms with van der Waals surface area (Å²) < 4.78 is 0. The summed E-state index contributed by atoms with van der Waals surface area (Å²) in [6.07, 6.45) is 42.1. The van der Waals surface area contributed by atoms with E-state index in [1.807, 2.05) is 0 Å². The third-order valence-electron chi connectivity index (χ3n) is 8.74. The van der Waals surface area contributed by atoms with E-state index in [0.717, 1.165) is 0 Å². The van der Waals surface area contributed by atoms with E-state index in [1.54, 1.807) is 0 Å². The van der Waals surface area contributed by atoms with Gasteiger partial charge in [0.25, 0.3) is 0 Å². The van der Waals surface area contributed by atoms with Crippen molar-refractivity contribution in [2.24, 2.45) is 0 Å². The number of hydrogen-bond donors (Lipinski definition) is 0. The van der Waals surface area contributed by atoms with Crippen LogP contribution in [0.1, 0.15) is 200 Å². The molecule has 0 aliphatic rings. The Hall–Kier alpha value is -0.0800. The van der Waals surface area contributed by atoms with E-state index >= 15 is 0 Å². The number of unbranched alkanes of at least 4 members (excludes halogenated alkanes) is 26. The van der Waals surface area contributed by atoms with Gasteiger partial charge in [0.2, 0.25) is 0 Å². The molecule has 2 nitrogen and oxygen atoms in total. The minimum atomic E-state index is 1.23. The van der Waals surface area contributed by atoms with Crippen LogP contribution in [0.15, 0.2) is 0 Å². The summed E-state index contributed by atoms with van der Waals surface area (Å²) >= 11 is 0. The molecule has 0 unspecified atom stereocenters. The van der Waals surface area contributed by atoms with Gasteiger partial charge in [-0.2, -0.15) is 0 Å². The van der Waals surface area contributed by atoms with Crippen LogP contribution >= 0.6 is 0 Å². The largest absolute Gasteiger partial charge is 0.309 e. The Morgan fingerprint density at radius 3 is 0.744 bits per heavy atom. The van der Waals surface area contributed by atoms with Gasteiger partial charge < -0.3 is 9.80 Å². The molecule has 0 bridgehead atoms. The van der Waals surface area contributed by atoms with Crippen molar-refractivity contribution in [2.75, 3.05) is 40.3 Å². The Balaban J connectivity index is 3.52. The molecule has 0 heterocycles. The lowest BCUT2D eigenvalue weighted by atomic mass is 10.0. The Labute approximate surface area is 249 Å². The molecule has 0 aliphatic carbocycles. The molecule has 0 rings (SSSR count). The lowest BCUT2D eigenvalue weighted by molar-refractivity contribution is 0.244. The fraction of sp³-hybridized carbons (Fsp3) is 1.00. The van der Waals surface area contributed by atoms with Gasteiger partial charge in [0.15, 0.2) is 0 Å². The van der Waals surface area contributed by atoms with Crippen molar-refractivity contribution in [1.29, 1.82) is 0 Å². The molecule has 0 fully saturated rings. The quantitative estimate of drug-likeness (QED) is 0.0735. The Kier molecular flexibility index (Phi) is 34.1. The number of hydrogen-bond acceptors (Lipinski definition) is 2. The number of rotatable bonds is 34. The molecular formula is C37H78N2. The molecule has 0 saturated heterocycles. The van der Waals surface area contributed by atoms with E-state index < -0.39 is 0 Å². The first-order valence-electron chi connectivity index (χ1n) is 18.6. The molecule has 0 N–H and O–H groups in total. The van der Waals surface area contributed by atoms with Gasteiger partial charge in [-0.15, -0.1) is 0 Å². The van der Waals surface area contributed by atoms with Gasteiger partial charge in [0, 0.05) is 0 Å². The fourth-order valence-electron chi connectivity index (χ4n) is 6.01. The minimum absolute atomic E-state index is 1.23. The molecule has 0 amide bonds. The average molecular weight is 551 g/mol. The van der Waals surface area contributed by atoms with Crippen LogP contribution in [0.4, 0.5) is 0 Å². The van der Waals surface area contributed by atoms with Gasteiger partial charge in [0.1, 0.15) is 0 Å². The highest BCUT2D eigenvalue weighted by molar-refractivity contribution is 4.61. The van der Waals surface area contributed by atoms with Crippen molar-refractivity contribution in [3.8, 4) is 0 Å². The summed E-state index contributed by atoms with van der Waals surface area (Å²) in [6.45, 7) is 9.82. The predicted molar refractivity (Wildman–Crippen MR) is 180 cm³/mol. The zero-order chi connectivity index (χ0) is 28.5. The van der Waals surface area contributed by atoms with Crippen LogP contribution < -0.4 is 0 Å². The first kappa shape index (κ1) is 38.9. The van der Waals surface area contributed by atoms with Crippen molar-refractivity contribution >= 4 is 0 Å². The van der Waals surface area contributed by atoms with E-state index in [-0.39, 0.29) is 0 Å².